The van der Waals surface area contributed by atoms with Gasteiger partial charge in [0.1, 0.15) is 5.82 Å². The summed E-state index contributed by atoms with van der Waals surface area (Å²) in [4.78, 5) is 23.2. The lowest BCUT2D eigenvalue weighted by atomic mass is 9.86. The molecule has 108 valence electrons. The quantitative estimate of drug-likeness (QED) is 0.832. The highest BCUT2D eigenvalue weighted by atomic mass is 16.2. The van der Waals surface area contributed by atoms with Gasteiger partial charge in [0.15, 0.2) is 0 Å². The molecule has 20 heavy (non-hydrogen) atoms. The van der Waals surface area contributed by atoms with Crippen LogP contribution in [0.1, 0.15) is 55.6 Å². The molecule has 0 spiro atoms. The maximum absolute atomic E-state index is 12.4. The van der Waals surface area contributed by atoms with Gasteiger partial charge in [0.05, 0.1) is 5.69 Å². The third-order valence-corrected chi connectivity index (χ3v) is 4.60. The van der Waals surface area contributed by atoms with Crippen LogP contribution in [0.3, 0.4) is 0 Å². The molecule has 1 aliphatic carbocycles. The van der Waals surface area contributed by atoms with Crippen LogP contribution >= 0.6 is 0 Å². The topological polar surface area (TPSA) is 46.1 Å². The first kappa shape index (κ1) is 13.5. The molecule has 4 heteroatoms. The molecule has 0 bridgehead atoms. The smallest absolute Gasteiger partial charge is 0.223 e. The zero-order valence-electron chi connectivity index (χ0n) is 12.3. The molecule has 1 aromatic heterocycles. The van der Waals surface area contributed by atoms with Crippen LogP contribution in [0.5, 0.6) is 0 Å². The Bertz CT molecular complexity index is 494. The van der Waals surface area contributed by atoms with Crippen molar-refractivity contribution in [3.8, 4) is 0 Å². The molecular weight excluding hydrogens is 250 g/mol. The van der Waals surface area contributed by atoms with Gasteiger partial charge in [-0.2, -0.15) is 0 Å². The molecule has 0 unspecified atom stereocenters. The number of hydrogen-bond donors (Lipinski definition) is 0. The number of carbonyl (C=O) groups is 1. The van der Waals surface area contributed by atoms with E-state index in [1.54, 1.807) is 0 Å². The molecule has 0 atom stereocenters. The van der Waals surface area contributed by atoms with Crippen LogP contribution in [0.2, 0.25) is 0 Å². The molecule has 1 aliphatic heterocycles. The van der Waals surface area contributed by atoms with Gasteiger partial charge in [0.2, 0.25) is 5.91 Å². The number of fused-ring (bicyclic) bond motifs is 1. The van der Waals surface area contributed by atoms with E-state index < -0.39 is 0 Å². The van der Waals surface area contributed by atoms with Gasteiger partial charge in [-0.1, -0.05) is 19.3 Å². The minimum Gasteiger partial charge on any atom is -0.338 e. The lowest BCUT2D eigenvalue weighted by Crippen LogP contribution is -2.37. The highest BCUT2D eigenvalue weighted by molar-refractivity contribution is 5.76. The second-order valence-corrected chi connectivity index (χ2v) is 6.16. The first-order valence-corrected chi connectivity index (χ1v) is 7.81. The van der Waals surface area contributed by atoms with E-state index in [4.69, 9.17) is 0 Å². The van der Waals surface area contributed by atoms with E-state index in [1.807, 2.05) is 18.0 Å². The Kier molecular flexibility index (Phi) is 3.99. The normalized spacial score (nSPS) is 19.8. The van der Waals surface area contributed by atoms with E-state index in [2.05, 4.69) is 9.97 Å². The highest BCUT2D eigenvalue weighted by Gasteiger charge is 2.25. The van der Waals surface area contributed by atoms with Crippen LogP contribution in [-0.4, -0.2) is 27.3 Å². The van der Waals surface area contributed by atoms with Crippen LogP contribution in [0.25, 0.3) is 0 Å². The molecule has 0 aromatic carbocycles. The fourth-order valence-corrected chi connectivity index (χ4v) is 3.40. The summed E-state index contributed by atoms with van der Waals surface area (Å²) in [6.07, 6.45) is 9.91. The number of aromatic nitrogens is 2. The van der Waals surface area contributed by atoms with Gasteiger partial charge in [-0.25, -0.2) is 9.97 Å². The number of hydrogen-bond acceptors (Lipinski definition) is 3. The first-order valence-electron chi connectivity index (χ1n) is 7.81. The van der Waals surface area contributed by atoms with Gasteiger partial charge in [-0.15, -0.1) is 0 Å². The Balaban J connectivity index is 1.61. The summed E-state index contributed by atoms with van der Waals surface area (Å²) in [5.74, 6) is 1.76. The fourth-order valence-electron chi connectivity index (χ4n) is 3.40. The molecule has 1 amide bonds. The number of carbonyl (C=O) groups excluding carboxylic acids is 1. The van der Waals surface area contributed by atoms with E-state index in [-0.39, 0.29) is 0 Å². The zero-order valence-corrected chi connectivity index (χ0v) is 12.3. The summed E-state index contributed by atoms with van der Waals surface area (Å²) in [5, 5.41) is 0. The van der Waals surface area contributed by atoms with Crippen molar-refractivity contribution in [2.45, 2.75) is 58.4 Å². The van der Waals surface area contributed by atoms with E-state index >= 15 is 0 Å². The van der Waals surface area contributed by atoms with E-state index in [9.17, 15) is 4.79 Å². The maximum atomic E-state index is 12.4. The molecule has 4 nitrogen and oxygen atoms in total. The predicted octanol–water partition coefficient (Wildman–Crippen LogP) is 2.64. The molecule has 1 fully saturated rings. The Morgan fingerprint density at radius 3 is 2.95 bits per heavy atom. The Morgan fingerprint density at radius 2 is 2.15 bits per heavy atom. The average molecular weight is 273 g/mol. The Labute approximate surface area is 120 Å². The van der Waals surface area contributed by atoms with Gasteiger partial charge < -0.3 is 4.90 Å². The van der Waals surface area contributed by atoms with Crippen molar-refractivity contribution in [2.24, 2.45) is 5.92 Å². The van der Waals surface area contributed by atoms with Gasteiger partial charge in [0.25, 0.3) is 0 Å². The second kappa shape index (κ2) is 5.90. The molecule has 3 rings (SSSR count). The molecular formula is C16H23N3O. The van der Waals surface area contributed by atoms with Crippen LogP contribution in [-0.2, 0) is 17.8 Å². The van der Waals surface area contributed by atoms with Gasteiger partial charge >= 0.3 is 0 Å². The van der Waals surface area contributed by atoms with Crippen LogP contribution < -0.4 is 0 Å². The van der Waals surface area contributed by atoms with E-state index in [1.165, 1.54) is 32.1 Å². The third-order valence-electron chi connectivity index (χ3n) is 4.60. The largest absolute Gasteiger partial charge is 0.338 e. The van der Waals surface area contributed by atoms with E-state index in [0.717, 1.165) is 36.5 Å². The Morgan fingerprint density at radius 1 is 1.35 bits per heavy atom. The van der Waals surface area contributed by atoms with E-state index in [0.29, 0.717) is 18.4 Å². The maximum Gasteiger partial charge on any atom is 0.223 e. The van der Waals surface area contributed by atoms with Crippen LogP contribution in [0, 0.1) is 12.8 Å². The minimum absolute atomic E-state index is 0.322. The van der Waals surface area contributed by atoms with Gasteiger partial charge in [-0.05, 0) is 25.7 Å². The summed E-state index contributed by atoms with van der Waals surface area (Å²) >= 11 is 0. The molecule has 2 heterocycles. The molecule has 0 saturated heterocycles. The number of rotatable bonds is 2. The van der Waals surface area contributed by atoms with Crippen molar-refractivity contribution < 1.29 is 4.79 Å². The van der Waals surface area contributed by atoms with Crippen molar-refractivity contribution in [2.75, 3.05) is 6.54 Å². The third kappa shape index (κ3) is 3.00. The number of aryl methyl sites for hydroxylation is 1. The highest BCUT2D eigenvalue weighted by Crippen LogP contribution is 2.27. The predicted molar refractivity (Wildman–Crippen MR) is 77.1 cm³/mol. The van der Waals surface area contributed by atoms with Crippen LogP contribution in [0.15, 0.2) is 6.20 Å². The van der Waals surface area contributed by atoms with Crippen molar-refractivity contribution in [3.63, 3.8) is 0 Å². The lowest BCUT2D eigenvalue weighted by molar-refractivity contribution is -0.133. The fraction of sp³-hybridized carbons (Fsp3) is 0.688. The number of nitrogens with zero attached hydrogens (tertiary/aromatic N) is 3. The molecule has 1 saturated carbocycles. The summed E-state index contributed by atoms with van der Waals surface area (Å²) in [6, 6.07) is 0. The summed E-state index contributed by atoms with van der Waals surface area (Å²) in [5.41, 5.74) is 2.25. The zero-order chi connectivity index (χ0) is 13.9. The van der Waals surface area contributed by atoms with Gasteiger partial charge in [-0.3, -0.25) is 4.79 Å². The summed E-state index contributed by atoms with van der Waals surface area (Å²) in [7, 11) is 0. The molecule has 2 aliphatic rings. The molecule has 0 N–H and O–H groups in total. The summed E-state index contributed by atoms with van der Waals surface area (Å²) < 4.78 is 0. The summed E-state index contributed by atoms with van der Waals surface area (Å²) in [6.45, 7) is 3.43. The Hall–Kier alpha value is -1.45. The SMILES string of the molecule is Cc1ncc2c(n1)CCN(C(=O)CC1CCCCC1)C2. The monoisotopic (exact) mass is 273 g/mol. The standard InChI is InChI=1S/C16H23N3O/c1-12-17-10-14-11-19(8-7-15(14)18-12)16(20)9-13-5-3-2-4-6-13/h10,13H,2-9,11H2,1H3. The van der Waals surface area contributed by atoms with Crippen molar-refractivity contribution >= 4 is 5.91 Å². The molecule has 1 aromatic rings. The lowest BCUT2D eigenvalue weighted by Gasteiger charge is -2.30. The van der Waals surface area contributed by atoms with Crippen LogP contribution in [0.4, 0.5) is 0 Å². The van der Waals surface area contributed by atoms with Crippen molar-refractivity contribution in [1.82, 2.24) is 14.9 Å². The van der Waals surface area contributed by atoms with Gasteiger partial charge in [0, 0.05) is 37.7 Å². The minimum atomic E-state index is 0.322. The van der Waals surface area contributed by atoms with Crippen molar-refractivity contribution in [3.05, 3.63) is 23.3 Å². The second-order valence-electron chi connectivity index (χ2n) is 6.16. The number of amides is 1. The molecule has 0 radical (unpaired) electrons. The first-order chi connectivity index (χ1) is 9.72. The average Bonchev–Trinajstić information content (AvgIpc) is 2.47. The van der Waals surface area contributed by atoms with Crippen molar-refractivity contribution in [1.29, 1.82) is 0 Å².